The second-order valence-electron chi connectivity index (χ2n) is 6.99. The van der Waals surface area contributed by atoms with E-state index >= 15 is 0 Å². The molecule has 2 fully saturated rings. The van der Waals surface area contributed by atoms with E-state index in [0.29, 0.717) is 0 Å². The lowest BCUT2D eigenvalue weighted by molar-refractivity contribution is -0.150. The molecule has 1 aliphatic heterocycles. The third-order valence-electron chi connectivity index (χ3n) is 5.00. The van der Waals surface area contributed by atoms with E-state index in [0.717, 1.165) is 36.2 Å². The zero-order chi connectivity index (χ0) is 18.8. The lowest BCUT2D eigenvalue weighted by atomic mass is 9.96. The highest BCUT2D eigenvalue weighted by atomic mass is 32.2. The molecule has 0 aromatic rings. The lowest BCUT2D eigenvalue weighted by Gasteiger charge is -2.44. The van der Waals surface area contributed by atoms with Crippen molar-refractivity contribution in [3.05, 3.63) is 0 Å². The van der Waals surface area contributed by atoms with Crippen molar-refractivity contribution in [3.8, 4) is 0 Å². The predicted molar refractivity (Wildman–Crippen MR) is 91.0 cm³/mol. The van der Waals surface area contributed by atoms with Crippen LogP contribution in [0.4, 0.5) is 0 Å². The summed E-state index contributed by atoms with van der Waals surface area (Å²) in [6.07, 6.45) is 5.06. The van der Waals surface area contributed by atoms with Gasteiger partial charge in [-0.3, -0.25) is 14.4 Å². The van der Waals surface area contributed by atoms with Crippen LogP contribution in [-0.2, 0) is 24.4 Å². The summed E-state index contributed by atoms with van der Waals surface area (Å²) in [5, 5.41) is 5.39. The van der Waals surface area contributed by atoms with E-state index in [-0.39, 0.29) is 31.6 Å². The summed E-state index contributed by atoms with van der Waals surface area (Å²) in [6, 6.07) is 0.152. The van der Waals surface area contributed by atoms with E-state index in [1.807, 2.05) is 0 Å². The molecule has 0 aromatic heterocycles. The van der Waals surface area contributed by atoms with Crippen molar-refractivity contribution in [1.82, 2.24) is 19.8 Å². The number of likely N-dealkylation sites (N-methyl/N-ethyl adjacent to an activating group) is 1. The fourth-order valence-electron chi connectivity index (χ4n) is 3.20. The van der Waals surface area contributed by atoms with Gasteiger partial charge in [-0.05, 0) is 19.8 Å². The van der Waals surface area contributed by atoms with Gasteiger partial charge in [-0.2, -0.15) is 4.31 Å². The number of sulfonamides is 1. The summed E-state index contributed by atoms with van der Waals surface area (Å²) in [5.41, 5.74) is -1.37. The van der Waals surface area contributed by atoms with Crippen LogP contribution < -0.4 is 10.6 Å². The molecule has 1 saturated carbocycles. The van der Waals surface area contributed by atoms with Gasteiger partial charge in [0.1, 0.15) is 5.54 Å². The summed E-state index contributed by atoms with van der Waals surface area (Å²) >= 11 is 0. The number of carbonyl (C=O) groups is 3. The first-order chi connectivity index (χ1) is 11.5. The van der Waals surface area contributed by atoms with Gasteiger partial charge >= 0.3 is 0 Å². The summed E-state index contributed by atoms with van der Waals surface area (Å²) < 4.78 is 24.5. The van der Waals surface area contributed by atoms with Crippen molar-refractivity contribution in [3.63, 3.8) is 0 Å². The molecule has 1 unspecified atom stereocenters. The van der Waals surface area contributed by atoms with Gasteiger partial charge in [-0.25, -0.2) is 8.42 Å². The minimum absolute atomic E-state index is 0.149. The van der Waals surface area contributed by atoms with E-state index in [9.17, 15) is 22.8 Å². The molecule has 9 nitrogen and oxygen atoms in total. The first-order valence-corrected chi connectivity index (χ1v) is 10.2. The van der Waals surface area contributed by atoms with Crippen LogP contribution in [0.2, 0.25) is 0 Å². The van der Waals surface area contributed by atoms with Gasteiger partial charge < -0.3 is 15.5 Å². The van der Waals surface area contributed by atoms with Crippen molar-refractivity contribution in [2.75, 3.05) is 32.9 Å². The van der Waals surface area contributed by atoms with Crippen LogP contribution in [0, 0.1) is 0 Å². The lowest BCUT2D eigenvalue weighted by Crippen LogP contribution is -2.68. The largest absolute Gasteiger partial charge is 0.352 e. The Morgan fingerprint density at radius 1 is 1.28 bits per heavy atom. The van der Waals surface area contributed by atoms with Crippen LogP contribution in [0.3, 0.4) is 0 Å². The highest BCUT2D eigenvalue weighted by Crippen LogP contribution is 2.23. The number of carbonyl (C=O) groups excluding carboxylic acids is 3. The van der Waals surface area contributed by atoms with E-state index < -0.39 is 27.4 Å². The molecule has 2 rings (SSSR count). The SMILES string of the molecule is CN1C(=O)CN(S(C)(=O)=O)CC1(C)C(=O)NCC(=O)NC1CCCC1. The minimum Gasteiger partial charge on any atom is -0.352 e. The van der Waals surface area contributed by atoms with E-state index in [1.165, 1.54) is 18.9 Å². The first-order valence-electron chi connectivity index (χ1n) is 8.33. The number of rotatable bonds is 5. The van der Waals surface area contributed by atoms with Gasteiger partial charge in [0.15, 0.2) is 0 Å². The molecule has 142 valence electrons. The van der Waals surface area contributed by atoms with Crippen LogP contribution in [0.15, 0.2) is 0 Å². The average molecular weight is 374 g/mol. The van der Waals surface area contributed by atoms with Crippen molar-refractivity contribution in [1.29, 1.82) is 0 Å². The Kier molecular flexibility index (Phi) is 5.72. The fraction of sp³-hybridized carbons (Fsp3) is 0.800. The molecular weight excluding hydrogens is 348 g/mol. The summed E-state index contributed by atoms with van der Waals surface area (Å²) in [5.74, 6) is -1.31. The average Bonchev–Trinajstić information content (AvgIpc) is 3.01. The quantitative estimate of drug-likeness (QED) is 0.617. The molecule has 2 aliphatic rings. The molecule has 0 spiro atoms. The molecule has 1 saturated heterocycles. The highest BCUT2D eigenvalue weighted by Gasteiger charge is 2.47. The van der Waals surface area contributed by atoms with Gasteiger partial charge in [0.05, 0.1) is 19.3 Å². The summed E-state index contributed by atoms with van der Waals surface area (Å²) in [6.45, 7) is 0.850. The zero-order valence-electron chi connectivity index (χ0n) is 14.9. The Balaban J connectivity index is 1.99. The molecule has 25 heavy (non-hydrogen) atoms. The van der Waals surface area contributed by atoms with Crippen LogP contribution in [0.25, 0.3) is 0 Å². The van der Waals surface area contributed by atoms with Crippen LogP contribution in [0.1, 0.15) is 32.6 Å². The van der Waals surface area contributed by atoms with Crippen LogP contribution >= 0.6 is 0 Å². The van der Waals surface area contributed by atoms with Gasteiger partial charge in [-0.15, -0.1) is 0 Å². The van der Waals surface area contributed by atoms with Gasteiger partial charge in [-0.1, -0.05) is 12.8 Å². The second kappa shape index (κ2) is 7.28. The monoisotopic (exact) mass is 374 g/mol. The van der Waals surface area contributed by atoms with Crippen LogP contribution in [-0.4, -0.2) is 79.9 Å². The molecule has 2 N–H and O–H groups in total. The van der Waals surface area contributed by atoms with Gasteiger partial charge in [0, 0.05) is 19.6 Å². The molecule has 0 bridgehead atoms. The number of piperazine rings is 1. The molecular formula is C15H26N4O5S. The number of amides is 3. The Bertz CT molecular complexity index is 659. The Labute approximate surface area is 148 Å². The van der Waals surface area contributed by atoms with Gasteiger partial charge in [0.25, 0.3) is 0 Å². The fourth-order valence-corrected chi connectivity index (χ4v) is 4.03. The molecule has 10 heteroatoms. The Morgan fingerprint density at radius 3 is 2.44 bits per heavy atom. The molecule has 3 amide bonds. The summed E-state index contributed by atoms with van der Waals surface area (Å²) in [4.78, 5) is 37.9. The van der Waals surface area contributed by atoms with E-state index in [1.54, 1.807) is 0 Å². The molecule has 1 heterocycles. The molecule has 0 radical (unpaired) electrons. The maximum atomic E-state index is 12.6. The van der Waals surface area contributed by atoms with Gasteiger partial charge in [0.2, 0.25) is 27.7 Å². The predicted octanol–water partition coefficient (Wildman–Crippen LogP) is -1.35. The second-order valence-corrected chi connectivity index (χ2v) is 8.97. The Hall–Kier alpha value is -1.68. The molecule has 0 aromatic carbocycles. The first kappa shape index (κ1) is 19.6. The summed E-state index contributed by atoms with van der Waals surface area (Å²) in [7, 11) is -2.15. The third-order valence-corrected chi connectivity index (χ3v) is 6.19. The number of nitrogens with zero attached hydrogens (tertiary/aromatic N) is 2. The standard InChI is InChI=1S/C15H26N4O5S/c1-15(10-19(25(3,23)24)9-13(21)18(15)2)14(22)16-8-12(20)17-11-6-4-5-7-11/h11H,4-10H2,1-3H3,(H,16,22)(H,17,20). The minimum atomic E-state index is -3.61. The Morgan fingerprint density at radius 2 is 1.88 bits per heavy atom. The van der Waals surface area contributed by atoms with Crippen molar-refractivity contribution < 1.29 is 22.8 Å². The smallest absolute Gasteiger partial charge is 0.247 e. The topological polar surface area (TPSA) is 116 Å². The number of nitrogens with one attached hydrogen (secondary N) is 2. The normalized spacial score (nSPS) is 25.9. The maximum Gasteiger partial charge on any atom is 0.247 e. The van der Waals surface area contributed by atoms with Crippen molar-refractivity contribution in [2.24, 2.45) is 0 Å². The molecule has 1 aliphatic carbocycles. The zero-order valence-corrected chi connectivity index (χ0v) is 15.7. The highest BCUT2D eigenvalue weighted by molar-refractivity contribution is 7.88. The van der Waals surface area contributed by atoms with Crippen molar-refractivity contribution >= 4 is 27.7 Å². The van der Waals surface area contributed by atoms with Crippen molar-refractivity contribution in [2.45, 2.75) is 44.2 Å². The maximum absolute atomic E-state index is 12.6. The molecule has 1 atom stereocenters. The number of hydrogen-bond acceptors (Lipinski definition) is 5. The van der Waals surface area contributed by atoms with E-state index in [4.69, 9.17) is 0 Å². The third kappa shape index (κ3) is 4.49. The van der Waals surface area contributed by atoms with Crippen LogP contribution in [0.5, 0.6) is 0 Å². The number of hydrogen-bond donors (Lipinski definition) is 2. The van der Waals surface area contributed by atoms with E-state index in [2.05, 4.69) is 10.6 Å².